The highest BCUT2D eigenvalue weighted by molar-refractivity contribution is 5.85. The van der Waals surface area contributed by atoms with Crippen molar-refractivity contribution in [1.29, 1.82) is 0 Å². The molecule has 34 heavy (non-hydrogen) atoms. The van der Waals surface area contributed by atoms with Gasteiger partial charge in [-0.2, -0.15) is 0 Å². The van der Waals surface area contributed by atoms with Crippen molar-refractivity contribution in [3.8, 4) is 12.3 Å². The molecule has 1 fully saturated rings. The average Bonchev–Trinajstić information content (AvgIpc) is 2.73. The molecule has 0 aliphatic carbocycles. The minimum Gasteiger partial charge on any atom is -0.460 e. The maximum atomic E-state index is 14.7. The number of ether oxygens (including phenoxy) is 2. The number of nitrogens with zero attached hydrogens (tertiary/aromatic N) is 1. The number of hydrogen-bond acceptors (Lipinski definition) is 4. The number of rotatable bonds is 10. The summed E-state index contributed by atoms with van der Waals surface area (Å²) in [5.41, 5.74) is -0.847. The first-order valence-electron chi connectivity index (χ1n) is 11.6. The Hall–Kier alpha value is -2.53. The van der Waals surface area contributed by atoms with Crippen molar-refractivity contribution in [1.82, 2.24) is 4.90 Å². The molecule has 0 spiro atoms. The van der Waals surface area contributed by atoms with Gasteiger partial charge in [-0.25, -0.2) is 13.2 Å². The summed E-state index contributed by atoms with van der Waals surface area (Å²) in [7, 11) is 0. The van der Waals surface area contributed by atoms with Crippen molar-refractivity contribution in [2.75, 3.05) is 19.8 Å². The highest BCUT2D eigenvalue weighted by Gasteiger charge is 2.42. The molecule has 0 saturated carbocycles. The molecule has 1 aromatic carbocycles. The van der Waals surface area contributed by atoms with Crippen LogP contribution in [0.15, 0.2) is 12.1 Å². The summed E-state index contributed by atoms with van der Waals surface area (Å²) < 4.78 is 53.2. The Morgan fingerprint density at radius 3 is 2.56 bits per heavy atom. The van der Waals surface area contributed by atoms with Gasteiger partial charge in [0.1, 0.15) is 18.0 Å². The van der Waals surface area contributed by atoms with Gasteiger partial charge in [-0.3, -0.25) is 9.59 Å². The molecule has 0 radical (unpaired) electrons. The van der Waals surface area contributed by atoms with E-state index in [1.54, 1.807) is 32.6 Å². The summed E-state index contributed by atoms with van der Waals surface area (Å²) in [6.45, 7) is 8.03. The highest BCUT2D eigenvalue weighted by atomic mass is 19.2. The molecule has 0 bridgehead atoms. The predicted molar refractivity (Wildman–Crippen MR) is 122 cm³/mol. The van der Waals surface area contributed by atoms with Crippen LogP contribution in [0.25, 0.3) is 0 Å². The number of hydrogen-bond donors (Lipinski definition) is 0. The van der Waals surface area contributed by atoms with Gasteiger partial charge >= 0.3 is 5.97 Å². The fraction of sp³-hybridized carbons (Fsp3) is 0.615. The number of likely N-dealkylation sites (tertiary alicyclic amines) is 1. The molecule has 8 heteroatoms. The van der Waals surface area contributed by atoms with Gasteiger partial charge in [-0.15, -0.1) is 6.42 Å². The standard InChI is InChI=1S/C26H34F3NO4/c1-6-11-33-12-9-7-8-10-30-17(2)20(21-15-19(27)16-22(28)24(21)29)13-18(25(30)32)14-23(31)34-26(3,4)5/h1,15-18,20H,7-14H2,2-5H3/t17-,18-,20-/m1/s1. The molecule has 1 aliphatic rings. The lowest BCUT2D eigenvalue weighted by Crippen LogP contribution is -2.51. The van der Waals surface area contributed by atoms with Crippen molar-refractivity contribution in [3.63, 3.8) is 0 Å². The molecule has 3 atom stereocenters. The van der Waals surface area contributed by atoms with Gasteiger partial charge in [0.05, 0.1) is 6.42 Å². The monoisotopic (exact) mass is 481 g/mol. The number of benzene rings is 1. The SMILES string of the molecule is C#CCOCCCCCN1C(=O)[C@@H](CC(=O)OC(C)(C)C)C[C@@H](c2cc(F)cc(F)c2F)[C@H]1C. The molecule has 1 amide bonds. The zero-order valence-electron chi connectivity index (χ0n) is 20.3. The van der Waals surface area contributed by atoms with Gasteiger partial charge < -0.3 is 14.4 Å². The van der Waals surface area contributed by atoms with Crippen molar-refractivity contribution in [2.45, 2.75) is 77.4 Å². The second-order valence-electron chi connectivity index (χ2n) is 9.71. The topological polar surface area (TPSA) is 55.8 Å². The Kier molecular flexibility index (Phi) is 9.99. The van der Waals surface area contributed by atoms with Crippen molar-refractivity contribution in [2.24, 2.45) is 5.92 Å². The Bertz CT molecular complexity index is 907. The van der Waals surface area contributed by atoms with E-state index in [0.717, 1.165) is 18.9 Å². The van der Waals surface area contributed by atoms with E-state index >= 15 is 0 Å². The van der Waals surface area contributed by atoms with Gasteiger partial charge in [0.15, 0.2) is 11.6 Å². The molecular weight excluding hydrogens is 447 g/mol. The number of carbonyl (C=O) groups excluding carboxylic acids is 2. The van der Waals surface area contributed by atoms with Crippen molar-refractivity contribution in [3.05, 3.63) is 35.1 Å². The molecule has 1 saturated heterocycles. The molecule has 0 aromatic heterocycles. The lowest BCUT2D eigenvalue weighted by atomic mass is 9.77. The third-order valence-corrected chi connectivity index (χ3v) is 5.87. The predicted octanol–water partition coefficient (Wildman–Crippen LogP) is 4.98. The molecule has 5 nitrogen and oxygen atoms in total. The van der Waals surface area contributed by atoms with E-state index in [2.05, 4.69) is 5.92 Å². The van der Waals surface area contributed by atoms with E-state index in [1.165, 1.54) is 0 Å². The lowest BCUT2D eigenvalue weighted by Gasteiger charge is -2.43. The minimum atomic E-state index is -1.28. The second-order valence-corrected chi connectivity index (χ2v) is 9.71. The van der Waals surface area contributed by atoms with Crippen LogP contribution in [0.2, 0.25) is 0 Å². The van der Waals surface area contributed by atoms with Crippen LogP contribution in [0.5, 0.6) is 0 Å². The van der Waals surface area contributed by atoms with E-state index in [1.807, 2.05) is 0 Å². The maximum absolute atomic E-state index is 14.7. The number of carbonyl (C=O) groups is 2. The van der Waals surface area contributed by atoms with Crippen LogP contribution in [-0.4, -0.2) is 48.2 Å². The first-order valence-corrected chi connectivity index (χ1v) is 11.6. The van der Waals surface area contributed by atoms with Crippen LogP contribution in [0, 0.1) is 35.7 Å². The Balaban J connectivity index is 2.21. The Labute approximate surface area is 200 Å². The molecule has 1 aromatic rings. The molecule has 188 valence electrons. The average molecular weight is 482 g/mol. The zero-order valence-corrected chi connectivity index (χ0v) is 20.3. The van der Waals surface area contributed by atoms with Gasteiger partial charge in [0.25, 0.3) is 0 Å². The van der Waals surface area contributed by atoms with Crippen LogP contribution in [0.4, 0.5) is 13.2 Å². The summed E-state index contributed by atoms with van der Waals surface area (Å²) >= 11 is 0. The zero-order chi connectivity index (χ0) is 25.5. The smallest absolute Gasteiger partial charge is 0.307 e. The summed E-state index contributed by atoms with van der Waals surface area (Å²) in [5.74, 6) is -3.14. The Morgan fingerprint density at radius 1 is 1.21 bits per heavy atom. The first-order chi connectivity index (χ1) is 15.9. The summed E-state index contributed by atoms with van der Waals surface area (Å²) in [6.07, 6.45) is 7.23. The van der Waals surface area contributed by atoms with Crippen LogP contribution >= 0.6 is 0 Å². The molecular formula is C26H34F3NO4. The number of esters is 1. The third-order valence-electron chi connectivity index (χ3n) is 5.87. The quantitative estimate of drug-likeness (QED) is 0.205. The summed E-state index contributed by atoms with van der Waals surface area (Å²) in [6, 6.07) is 0.965. The van der Waals surface area contributed by atoms with Gasteiger partial charge in [-0.05, 0) is 65.0 Å². The molecule has 0 unspecified atom stereocenters. The van der Waals surface area contributed by atoms with E-state index in [0.29, 0.717) is 25.6 Å². The minimum absolute atomic E-state index is 0.0927. The number of unbranched alkanes of at least 4 members (excludes halogenated alkanes) is 2. The normalized spacial score (nSPS) is 20.8. The van der Waals surface area contributed by atoms with Crippen LogP contribution in [0.1, 0.15) is 71.3 Å². The molecule has 1 aliphatic heterocycles. The van der Waals surface area contributed by atoms with Gasteiger partial charge in [-0.1, -0.05) is 5.92 Å². The van der Waals surface area contributed by atoms with Gasteiger partial charge in [0, 0.05) is 37.1 Å². The van der Waals surface area contributed by atoms with E-state index in [9.17, 15) is 22.8 Å². The molecule has 1 heterocycles. The van der Waals surface area contributed by atoms with E-state index in [-0.39, 0.29) is 30.9 Å². The van der Waals surface area contributed by atoms with E-state index in [4.69, 9.17) is 15.9 Å². The number of piperidine rings is 1. The molecule has 0 N–H and O–H groups in total. The van der Waals surface area contributed by atoms with Crippen LogP contribution in [0.3, 0.4) is 0 Å². The number of terminal acetylenes is 1. The summed E-state index contributed by atoms with van der Waals surface area (Å²) in [5, 5.41) is 0. The fourth-order valence-corrected chi connectivity index (χ4v) is 4.35. The van der Waals surface area contributed by atoms with E-state index < -0.39 is 46.9 Å². The van der Waals surface area contributed by atoms with Crippen molar-refractivity contribution < 1.29 is 32.2 Å². The maximum Gasteiger partial charge on any atom is 0.307 e. The third kappa shape index (κ3) is 7.76. The summed E-state index contributed by atoms with van der Waals surface area (Å²) in [4.78, 5) is 27.3. The molecule has 2 rings (SSSR count). The van der Waals surface area contributed by atoms with Crippen molar-refractivity contribution >= 4 is 11.9 Å². The number of halogens is 3. The highest BCUT2D eigenvalue weighted by Crippen LogP contribution is 2.39. The van der Waals surface area contributed by atoms with Crippen LogP contribution in [-0.2, 0) is 19.1 Å². The fourth-order valence-electron chi connectivity index (χ4n) is 4.35. The number of amides is 1. The Morgan fingerprint density at radius 2 is 1.91 bits per heavy atom. The largest absolute Gasteiger partial charge is 0.460 e. The second kappa shape index (κ2) is 12.3. The lowest BCUT2D eigenvalue weighted by molar-refractivity contribution is -0.160. The van der Waals surface area contributed by atoms with Crippen LogP contribution < -0.4 is 0 Å². The first kappa shape index (κ1) is 27.7. The van der Waals surface area contributed by atoms with Gasteiger partial charge in [0.2, 0.25) is 5.91 Å².